The summed E-state index contributed by atoms with van der Waals surface area (Å²) in [7, 11) is 0. The van der Waals surface area contributed by atoms with E-state index < -0.39 is 42.1 Å². The Morgan fingerprint density at radius 1 is 0.302 bits per heavy atom. The maximum atomic E-state index is 6.77. The molecule has 8 rings (SSSR count). The Morgan fingerprint density at radius 3 is 0.779 bits per heavy atom. The Balaban J connectivity index is 0.925. The minimum atomic E-state index is -0.662. The molecule has 3 aliphatic rings. The van der Waals surface area contributed by atoms with E-state index in [0.717, 1.165) is 27.8 Å². The topological polar surface area (TPSA) is 169 Å². The lowest BCUT2D eigenvalue weighted by Gasteiger charge is -2.26. The van der Waals surface area contributed by atoms with Gasteiger partial charge in [-0.2, -0.15) is 0 Å². The third kappa shape index (κ3) is 27.8. The summed E-state index contributed by atoms with van der Waals surface area (Å²) in [5.41, 5.74) is 5.17. The second-order valence-electron chi connectivity index (χ2n) is 22.7. The Morgan fingerprint density at radius 2 is 0.535 bits per heavy atom. The first kappa shape index (κ1) is 67.3. The number of hydrogen-bond acceptors (Lipinski definition) is 18. The van der Waals surface area contributed by atoms with Crippen LogP contribution in [0.5, 0.6) is 0 Å². The molecule has 86 heavy (non-hydrogen) atoms. The predicted octanol–water partition coefficient (Wildman–Crippen LogP) is 9.12. The highest BCUT2D eigenvalue weighted by atomic mass is 16.8. The number of epoxide rings is 1. The van der Waals surface area contributed by atoms with Gasteiger partial charge in [0, 0.05) is 0 Å². The van der Waals surface area contributed by atoms with Crippen LogP contribution in [0.4, 0.5) is 0 Å². The van der Waals surface area contributed by atoms with Crippen molar-refractivity contribution >= 4 is 0 Å². The molecule has 0 radical (unpaired) electrons. The summed E-state index contributed by atoms with van der Waals surface area (Å²) in [4.78, 5) is 0. The Hall–Kier alpha value is -4.62. The van der Waals surface area contributed by atoms with E-state index in [1.165, 1.54) is 0 Å². The number of hydrogen-bond donors (Lipinski definition) is 0. The summed E-state index contributed by atoms with van der Waals surface area (Å²) < 4.78 is 112. The molecule has 0 N–H and O–H groups in total. The summed E-state index contributed by atoms with van der Waals surface area (Å²) in [6, 6.07) is 50.2. The number of benzene rings is 5. The lowest BCUT2D eigenvalue weighted by molar-refractivity contribution is -0.152. The van der Waals surface area contributed by atoms with Crippen molar-refractivity contribution < 1.29 is 85.3 Å². The van der Waals surface area contributed by atoms with Gasteiger partial charge in [0.2, 0.25) is 0 Å². The van der Waals surface area contributed by atoms with E-state index in [-0.39, 0.29) is 97.1 Å². The molecule has 472 valence electrons. The average molecular weight is 1200 g/mol. The van der Waals surface area contributed by atoms with E-state index in [1.54, 1.807) is 0 Å². The van der Waals surface area contributed by atoms with Crippen LogP contribution in [-0.4, -0.2) is 185 Å². The average Bonchev–Trinajstić information content (AvgIpc) is 4.41. The van der Waals surface area contributed by atoms with E-state index in [2.05, 4.69) is 0 Å². The van der Waals surface area contributed by atoms with Crippen LogP contribution in [0.2, 0.25) is 0 Å². The maximum Gasteiger partial charge on any atom is 0.163 e. The molecule has 3 fully saturated rings. The highest BCUT2D eigenvalue weighted by molar-refractivity contribution is 5.16. The van der Waals surface area contributed by atoms with Crippen LogP contribution < -0.4 is 0 Å². The maximum absolute atomic E-state index is 6.77. The van der Waals surface area contributed by atoms with Crippen molar-refractivity contribution in [3.8, 4) is 0 Å². The van der Waals surface area contributed by atoms with Gasteiger partial charge in [-0.3, -0.25) is 0 Å². The molecule has 5 aromatic carbocycles. The molecule has 18 heteroatoms. The van der Waals surface area contributed by atoms with Gasteiger partial charge in [-0.05, 0) is 55.5 Å². The third-order valence-electron chi connectivity index (χ3n) is 13.9. The molecule has 3 saturated heterocycles. The molecule has 0 saturated carbocycles. The molecule has 0 aromatic heterocycles. The van der Waals surface area contributed by atoms with E-state index in [0.29, 0.717) is 79.3 Å². The first-order valence-electron chi connectivity index (χ1n) is 30.2. The van der Waals surface area contributed by atoms with Crippen molar-refractivity contribution in [1.29, 1.82) is 0 Å². The summed E-state index contributed by atoms with van der Waals surface area (Å²) >= 11 is 0. The summed E-state index contributed by atoms with van der Waals surface area (Å²) in [5, 5.41) is 0. The Labute approximate surface area is 509 Å². The second kappa shape index (κ2) is 38.0. The zero-order chi connectivity index (χ0) is 59.8. The van der Waals surface area contributed by atoms with Crippen LogP contribution in [0.25, 0.3) is 0 Å². The molecule has 0 amide bonds. The first-order valence-corrected chi connectivity index (χ1v) is 30.2. The normalized spacial score (nSPS) is 20.1. The monoisotopic (exact) mass is 1200 g/mol. The molecule has 0 aliphatic carbocycles. The number of rotatable bonds is 46. The molecular weight excluding hydrogens is 1100 g/mol. The number of ether oxygens (including phenoxy) is 18. The van der Waals surface area contributed by atoms with E-state index in [9.17, 15) is 0 Å². The molecule has 3 aliphatic heterocycles. The van der Waals surface area contributed by atoms with Crippen LogP contribution >= 0.6 is 0 Å². The van der Waals surface area contributed by atoms with Gasteiger partial charge in [0.05, 0.1) is 152 Å². The summed E-state index contributed by atoms with van der Waals surface area (Å²) in [5.74, 6) is -1.31. The first-order chi connectivity index (χ1) is 42.1. The lowest BCUT2D eigenvalue weighted by Crippen LogP contribution is -2.36. The van der Waals surface area contributed by atoms with Gasteiger partial charge in [-0.25, -0.2) is 0 Å². The van der Waals surface area contributed by atoms with Gasteiger partial charge in [-0.15, -0.1) is 0 Å². The smallest absolute Gasteiger partial charge is 0.163 e. The van der Waals surface area contributed by atoms with Crippen molar-refractivity contribution in [1.82, 2.24) is 0 Å². The zero-order valence-electron chi connectivity index (χ0n) is 50.7. The fraction of sp³-hybridized carbons (Fsp3) is 0.559. The molecule has 5 aromatic rings. The van der Waals surface area contributed by atoms with Crippen LogP contribution in [0.3, 0.4) is 0 Å². The van der Waals surface area contributed by atoms with Gasteiger partial charge in [0.15, 0.2) is 11.6 Å². The molecule has 0 spiro atoms. The molecule has 0 bridgehead atoms. The predicted molar refractivity (Wildman–Crippen MR) is 320 cm³/mol. The molecule has 9 unspecified atom stereocenters. The molecule has 9 atom stereocenters. The van der Waals surface area contributed by atoms with Crippen LogP contribution in [-0.2, 0) is 118 Å². The molecule has 3 heterocycles. The summed E-state index contributed by atoms with van der Waals surface area (Å²) in [6.45, 7) is 15.0. The van der Waals surface area contributed by atoms with Crippen molar-refractivity contribution in [2.75, 3.05) is 119 Å². The van der Waals surface area contributed by atoms with Crippen LogP contribution in [0.15, 0.2) is 152 Å². The van der Waals surface area contributed by atoms with E-state index in [4.69, 9.17) is 85.3 Å². The van der Waals surface area contributed by atoms with Gasteiger partial charge in [0.1, 0.15) is 54.9 Å². The van der Waals surface area contributed by atoms with Crippen LogP contribution in [0, 0.1) is 0 Å². The van der Waals surface area contributed by atoms with E-state index >= 15 is 0 Å². The van der Waals surface area contributed by atoms with Gasteiger partial charge in [-0.1, -0.05) is 152 Å². The van der Waals surface area contributed by atoms with E-state index in [1.807, 2.05) is 179 Å². The van der Waals surface area contributed by atoms with Crippen molar-refractivity contribution in [3.05, 3.63) is 179 Å². The Bertz CT molecular complexity index is 2490. The zero-order valence-corrected chi connectivity index (χ0v) is 50.7. The summed E-state index contributed by atoms with van der Waals surface area (Å²) in [6.07, 6.45) is -2.92. The van der Waals surface area contributed by atoms with Gasteiger partial charge in [0.25, 0.3) is 0 Å². The fourth-order valence-corrected chi connectivity index (χ4v) is 9.22. The van der Waals surface area contributed by atoms with Gasteiger partial charge >= 0.3 is 0 Å². The minimum Gasteiger partial charge on any atom is -0.376 e. The molecule has 18 nitrogen and oxygen atoms in total. The van der Waals surface area contributed by atoms with Crippen molar-refractivity contribution in [3.63, 3.8) is 0 Å². The Kier molecular flexibility index (Phi) is 29.8. The third-order valence-corrected chi connectivity index (χ3v) is 13.9. The molecular formula is C68H92O18. The second-order valence-corrected chi connectivity index (χ2v) is 22.7. The lowest BCUT2D eigenvalue weighted by atomic mass is 10.2. The van der Waals surface area contributed by atoms with Crippen LogP contribution in [0.1, 0.15) is 55.5 Å². The minimum absolute atomic E-state index is 0.132. The largest absolute Gasteiger partial charge is 0.376 e. The fourth-order valence-electron chi connectivity index (χ4n) is 9.22. The standard InChI is InChI=1S/C68H92O18/c1-67(2)83-51-65(85-67)47-74-41-60(78-32-55-24-14-7-15-25-55)38-71-44-62(43-70-37-58(76-30-53-20-10-5-11-21-53)35-69-36-59(39-73-46-64-50-82-64)77-31-54-22-12-6-13-23-54)81-49-63(80-34-57-28-18-9-19-29-57)45-72-40-61(79-33-56-26-16-8-17-27-56)42-75-48-66-52-84-68(3,4)86-66/h5-29,58-66H,30-52H2,1-4H3. The SMILES string of the molecule is CC1(C)OCC(COCC(COCC(COCC(COCC(COCC2CO2)OCc2ccccc2)OCc2ccccc2)OCC(COCC(COCC2COC(C)(C)O2)OCc2ccccc2)OCc2ccccc2)OCc2ccccc2)O1. The van der Waals surface area contributed by atoms with Gasteiger partial charge < -0.3 is 85.3 Å². The highest BCUT2D eigenvalue weighted by Gasteiger charge is 2.34. The van der Waals surface area contributed by atoms with Crippen molar-refractivity contribution in [2.24, 2.45) is 0 Å². The van der Waals surface area contributed by atoms with Crippen molar-refractivity contribution in [2.45, 2.75) is 127 Å². The highest BCUT2D eigenvalue weighted by Crippen LogP contribution is 2.24. The quantitative estimate of drug-likeness (QED) is 0.0338.